The standard InChI is InChI=1S/C16H24N2O2/c17-14-5-8-18(9-6-14)15-1-3-16(4-2-15)20-12-13-7-10-19-11-13/h1-4,13-14H,5-12,17H2. The van der Waals surface area contributed by atoms with E-state index in [4.69, 9.17) is 15.2 Å². The molecule has 0 aromatic heterocycles. The maximum Gasteiger partial charge on any atom is 0.119 e. The third kappa shape index (κ3) is 3.44. The van der Waals surface area contributed by atoms with Crippen LogP contribution in [0, 0.1) is 5.92 Å². The molecule has 2 aliphatic heterocycles. The molecule has 0 saturated carbocycles. The number of ether oxygens (including phenoxy) is 2. The van der Waals surface area contributed by atoms with Gasteiger partial charge in [-0.25, -0.2) is 0 Å². The van der Waals surface area contributed by atoms with Crippen molar-refractivity contribution in [3.8, 4) is 5.75 Å². The largest absolute Gasteiger partial charge is 0.493 e. The normalized spacial score (nSPS) is 24.1. The first kappa shape index (κ1) is 13.7. The van der Waals surface area contributed by atoms with Gasteiger partial charge < -0.3 is 20.1 Å². The lowest BCUT2D eigenvalue weighted by atomic mass is 10.1. The summed E-state index contributed by atoms with van der Waals surface area (Å²) >= 11 is 0. The number of hydrogen-bond donors (Lipinski definition) is 1. The van der Waals surface area contributed by atoms with E-state index in [1.807, 2.05) is 0 Å². The van der Waals surface area contributed by atoms with Gasteiger partial charge in [0.25, 0.3) is 0 Å². The SMILES string of the molecule is NC1CCN(c2ccc(OCC3CCOC3)cc2)CC1. The Morgan fingerprint density at radius 2 is 1.90 bits per heavy atom. The molecule has 110 valence electrons. The van der Waals surface area contributed by atoms with E-state index in [1.54, 1.807) is 0 Å². The van der Waals surface area contributed by atoms with Crippen molar-refractivity contribution in [3.05, 3.63) is 24.3 Å². The second kappa shape index (κ2) is 6.46. The summed E-state index contributed by atoms with van der Waals surface area (Å²) in [6, 6.07) is 8.82. The smallest absolute Gasteiger partial charge is 0.119 e. The molecule has 1 aromatic carbocycles. The molecule has 1 atom stereocenters. The lowest BCUT2D eigenvalue weighted by Gasteiger charge is -2.32. The Hall–Kier alpha value is -1.26. The molecular weight excluding hydrogens is 252 g/mol. The minimum Gasteiger partial charge on any atom is -0.493 e. The van der Waals surface area contributed by atoms with Gasteiger partial charge in [0, 0.05) is 37.3 Å². The highest BCUT2D eigenvalue weighted by molar-refractivity contribution is 5.49. The number of benzene rings is 1. The van der Waals surface area contributed by atoms with Gasteiger partial charge in [-0.05, 0) is 43.5 Å². The van der Waals surface area contributed by atoms with Crippen molar-refractivity contribution in [3.63, 3.8) is 0 Å². The van der Waals surface area contributed by atoms with Crippen LogP contribution in [0.1, 0.15) is 19.3 Å². The Balaban J connectivity index is 1.51. The molecule has 4 heteroatoms. The van der Waals surface area contributed by atoms with Crippen LogP contribution in [-0.4, -0.2) is 39.0 Å². The maximum absolute atomic E-state index is 5.94. The van der Waals surface area contributed by atoms with E-state index in [2.05, 4.69) is 29.2 Å². The number of hydrogen-bond acceptors (Lipinski definition) is 4. The molecule has 20 heavy (non-hydrogen) atoms. The van der Waals surface area contributed by atoms with Crippen LogP contribution in [0.2, 0.25) is 0 Å². The second-order valence-corrected chi connectivity index (χ2v) is 5.86. The van der Waals surface area contributed by atoms with Crippen molar-refractivity contribution < 1.29 is 9.47 Å². The lowest BCUT2D eigenvalue weighted by Crippen LogP contribution is -2.39. The predicted octanol–water partition coefficient (Wildman–Crippen LogP) is 2.03. The zero-order valence-electron chi connectivity index (χ0n) is 12.0. The van der Waals surface area contributed by atoms with Crippen LogP contribution in [0.3, 0.4) is 0 Å². The first-order chi connectivity index (χ1) is 9.81. The lowest BCUT2D eigenvalue weighted by molar-refractivity contribution is 0.167. The van der Waals surface area contributed by atoms with Crippen molar-refractivity contribution in [2.24, 2.45) is 11.7 Å². The van der Waals surface area contributed by atoms with Crippen LogP contribution in [-0.2, 0) is 4.74 Å². The Morgan fingerprint density at radius 3 is 2.55 bits per heavy atom. The van der Waals surface area contributed by atoms with E-state index < -0.39 is 0 Å². The van der Waals surface area contributed by atoms with Gasteiger partial charge in [0.15, 0.2) is 0 Å². The molecule has 2 saturated heterocycles. The highest BCUT2D eigenvalue weighted by atomic mass is 16.5. The predicted molar refractivity (Wildman–Crippen MR) is 80.3 cm³/mol. The van der Waals surface area contributed by atoms with E-state index in [0.29, 0.717) is 12.0 Å². The zero-order valence-corrected chi connectivity index (χ0v) is 12.0. The fourth-order valence-corrected chi connectivity index (χ4v) is 2.84. The third-order valence-corrected chi connectivity index (χ3v) is 4.25. The van der Waals surface area contributed by atoms with Gasteiger partial charge in [0.1, 0.15) is 5.75 Å². The molecule has 4 nitrogen and oxygen atoms in total. The molecular formula is C16H24N2O2. The summed E-state index contributed by atoms with van der Waals surface area (Å²) in [7, 11) is 0. The van der Waals surface area contributed by atoms with Crippen LogP contribution in [0.5, 0.6) is 5.75 Å². The van der Waals surface area contributed by atoms with Gasteiger partial charge in [-0.3, -0.25) is 0 Å². The van der Waals surface area contributed by atoms with E-state index in [9.17, 15) is 0 Å². The Labute approximate surface area is 120 Å². The molecule has 2 fully saturated rings. The van der Waals surface area contributed by atoms with Crippen molar-refractivity contribution in [1.29, 1.82) is 0 Å². The fourth-order valence-electron chi connectivity index (χ4n) is 2.84. The minimum absolute atomic E-state index is 0.377. The van der Waals surface area contributed by atoms with Crippen LogP contribution in [0.25, 0.3) is 0 Å². The van der Waals surface area contributed by atoms with Crippen molar-refractivity contribution in [2.75, 3.05) is 37.8 Å². The van der Waals surface area contributed by atoms with E-state index >= 15 is 0 Å². The molecule has 1 unspecified atom stereocenters. The van der Waals surface area contributed by atoms with Gasteiger partial charge in [0.2, 0.25) is 0 Å². The Morgan fingerprint density at radius 1 is 1.15 bits per heavy atom. The van der Waals surface area contributed by atoms with E-state index in [-0.39, 0.29) is 0 Å². The molecule has 2 heterocycles. The summed E-state index contributed by atoms with van der Waals surface area (Å²) in [5.74, 6) is 1.51. The van der Waals surface area contributed by atoms with Gasteiger partial charge >= 0.3 is 0 Å². The summed E-state index contributed by atoms with van der Waals surface area (Å²) < 4.78 is 11.2. The molecule has 2 aliphatic rings. The molecule has 0 spiro atoms. The molecule has 2 N–H and O–H groups in total. The minimum atomic E-state index is 0.377. The first-order valence-corrected chi connectivity index (χ1v) is 7.62. The Kier molecular flexibility index (Phi) is 4.43. The van der Waals surface area contributed by atoms with Gasteiger partial charge in [-0.2, -0.15) is 0 Å². The van der Waals surface area contributed by atoms with Crippen molar-refractivity contribution in [2.45, 2.75) is 25.3 Å². The van der Waals surface area contributed by atoms with Crippen LogP contribution in [0.4, 0.5) is 5.69 Å². The quantitative estimate of drug-likeness (QED) is 0.914. The van der Waals surface area contributed by atoms with Gasteiger partial charge in [-0.15, -0.1) is 0 Å². The molecule has 3 rings (SSSR count). The van der Waals surface area contributed by atoms with Crippen LogP contribution < -0.4 is 15.4 Å². The first-order valence-electron chi connectivity index (χ1n) is 7.62. The van der Waals surface area contributed by atoms with Crippen LogP contribution >= 0.6 is 0 Å². The summed E-state index contributed by atoms with van der Waals surface area (Å²) in [6.07, 6.45) is 3.28. The number of nitrogens with two attached hydrogens (primary N) is 1. The number of nitrogens with zero attached hydrogens (tertiary/aromatic N) is 1. The highest BCUT2D eigenvalue weighted by Crippen LogP contribution is 2.23. The van der Waals surface area contributed by atoms with Crippen LogP contribution in [0.15, 0.2) is 24.3 Å². The van der Waals surface area contributed by atoms with E-state index in [0.717, 1.165) is 57.9 Å². The zero-order chi connectivity index (χ0) is 13.8. The van der Waals surface area contributed by atoms with Gasteiger partial charge in [0.05, 0.1) is 13.2 Å². The number of rotatable bonds is 4. The summed E-state index contributed by atoms with van der Waals surface area (Å²) in [4.78, 5) is 2.40. The molecule has 0 aliphatic carbocycles. The average molecular weight is 276 g/mol. The number of piperidine rings is 1. The highest BCUT2D eigenvalue weighted by Gasteiger charge is 2.17. The summed E-state index contributed by atoms with van der Waals surface area (Å²) in [5, 5.41) is 0. The third-order valence-electron chi connectivity index (χ3n) is 4.25. The average Bonchev–Trinajstić information content (AvgIpc) is 3.00. The van der Waals surface area contributed by atoms with E-state index in [1.165, 1.54) is 5.69 Å². The molecule has 1 aromatic rings. The molecule has 0 radical (unpaired) electrons. The number of anilines is 1. The topological polar surface area (TPSA) is 47.7 Å². The monoisotopic (exact) mass is 276 g/mol. The second-order valence-electron chi connectivity index (χ2n) is 5.86. The molecule has 0 amide bonds. The maximum atomic E-state index is 5.94. The summed E-state index contributed by atoms with van der Waals surface area (Å²) in [6.45, 7) is 4.59. The van der Waals surface area contributed by atoms with Crippen molar-refractivity contribution >= 4 is 5.69 Å². The fraction of sp³-hybridized carbons (Fsp3) is 0.625. The molecule has 0 bridgehead atoms. The Bertz CT molecular complexity index is 407. The van der Waals surface area contributed by atoms with Crippen molar-refractivity contribution in [1.82, 2.24) is 0 Å². The van der Waals surface area contributed by atoms with Gasteiger partial charge in [-0.1, -0.05) is 0 Å². The summed E-state index contributed by atoms with van der Waals surface area (Å²) in [5.41, 5.74) is 7.21.